The topological polar surface area (TPSA) is 25.8 Å². The molecule has 65 valence electrons. The monoisotopic (exact) mass is 249 g/mol. The molecule has 1 aromatic heterocycles. The van der Waals surface area contributed by atoms with Crippen molar-refractivity contribution in [3.63, 3.8) is 0 Å². The second-order valence-electron chi connectivity index (χ2n) is 2.55. The molecular formula is C10H12N2Y. The van der Waals surface area contributed by atoms with Crippen LogP contribution < -0.4 is 0 Å². The van der Waals surface area contributed by atoms with Crippen molar-refractivity contribution in [3.05, 3.63) is 42.0 Å². The van der Waals surface area contributed by atoms with Gasteiger partial charge in [0.2, 0.25) is 0 Å². The number of aryl methyl sites for hydroxylation is 2. The van der Waals surface area contributed by atoms with E-state index in [4.69, 9.17) is 0 Å². The van der Waals surface area contributed by atoms with Crippen molar-refractivity contribution in [2.75, 3.05) is 0 Å². The summed E-state index contributed by atoms with van der Waals surface area (Å²) < 4.78 is 0. The van der Waals surface area contributed by atoms with Crippen LogP contribution in [0.3, 0.4) is 0 Å². The van der Waals surface area contributed by atoms with Gasteiger partial charge in [0.05, 0.1) is 0 Å². The SMILES string of the molecule is C=C/C=C/c1cnc(C)nc1C.[Y]. The van der Waals surface area contributed by atoms with Gasteiger partial charge in [-0.25, -0.2) is 9.97 Å². The van der Waals surface area contributed by atoms with Crippen LogP contribution in [0.2, 0.25) is 0 Å². The summed E-state index contributed by atoms with van der Waals surface area (Å²) in [6, 6.07) is 0. The molecule has 2 nitrogen and oxygen atoms in total. The van der Waals surface area contributed by atoms with Crippen LogP contribution in [0, 0.1) is 13.8 Å². The molecule has 1 heterocycles. The van der Waals surface area contributed by atoms with Gasteiger partial charge >= 0.3 is 0 Å². The summed E-state index contributed by atoms with van der Waals surface area (Å²) in [7, 11) is 0. The van der Waals surface area contributed by atoms with Gasteiger partial charge in [-0.3, -0.25) is 0 Å². The van der Waals surface area contributed by atoms with Crippen LogP contribution in [-0.4, -0.2) is 9.97 Å². The first-order valence-electron chi connectivity index (χ1n) is 3.83. The summed E-state index contributed by atoms with van der Waals surface area (Å²) in [6.45, 7) is 7.45. The van der Waals surface area contributed by atoms with E-state index in [2.05, 4.69) is 16.5 Å². The zero-order valence-corrected chi connectivity index (χ0v) is 10.8. The third-order valence-electron chi connectivity index (χ3n) is 1.55. The number of hydrogen-bond donors (Lipinski definition) is 0. The molecule has 1 rings (SSSR count). The maximum atomic E-state index is 4.23. The predicted molar refractivity (Wildman–Crippen MR) is 50.7 cm³/mol. The quantitative estimate of drug-likeness (QED) is 0.751. The molecule has 0 bridgehead atoms. The van der Waals surface area contributed by atoms with Crippen LogP contribution in [0.1, 0.15) is 17.1 Å². The summed E-state index contributed by atoms with van der Waals surface area (Å²) >= 11 is 0. The number of nitrogens with zero attached hydrogens (tertiary/aromatic N) is 2. The Bertz CT molecular complexity index is 319. The number of hydrogen-bond acceptors (Lipinski definition) is 2. The van der Waals surface area contributed by atoms with E-state index in [0.29, 0.717) is 0 Å². The van der Waals surface area contributed by atoms with Crippen LogP contribution in [0.25, 0.3) is 6.08 Å². The fourth-order valence-corrected chi connectivity index (χ4v) is 0.928. The molecule has 0 aliphatic carbocycles. The maximum Gasteiger partial charge on any atom is 0.125 e. The van der Waals surface area contributed by atoms with Crippen molar-refractivity contribution >= 4 is 6.08 Å². The van der Waals surface area contributed by atoms with Crippen molar-refractivity contribution in [3.8, 4) is 0 Å². The molecule has 0 amide bonds. The maximum absolute atomic E-state index is 4.23. The molecule has 0 spiro atoms. The van der Waals surface area contributed by atoms with E-state index in [9.17, 15) is 0 Å². The number of allylic oxidation sites excluding steroid dienone is 2. The van der Waals surface area contributed by atoms with E-state index in [1.54, 1.807) is 6.08 Å². The second-order valence-corrected chi connectivity index (χ2v) is 2.55. The zero-order valence-electron chi connectivity index (χ0n) is 7.99. The normalized spacial score (nSPS) is 9.69. The zero-order chi connectivity index (χ0) is 8.97. The van der Waals surface area contributed by atoms with E-state index in [1.807, 2.05) is 32.2 Å². The largest absolute Gasteiger partial charge is 0.241 e. The van der Waals surface area contributed by atoms with Gasteiger partial charge < -0.3 is 0 Å². The first-order valence-corrected chi connectivity index (χ1v) is 3.83. The molecule has 13 heavy (non-hydrogen) atoms. The third kappa shape index (κ3) is 3.92. The van der Waals surface area contributed by atoms with Gasteiger partial charge in [-0.15, -0.1) is 0 Å². The Morgan fingerprint density at radius 1 is 1.38 bits per heavy atom. The predicted octanol–water partition coefficient (Wildman–Crippen LogP) is 2.29. The molecular weight excluding hydrogens is 237 g/mol. The molecule has 0 aromatic carbocycles. The molecule has 0 N–H and O–H groups in total. The second kappa shape index (κ2) is 6.17. The average Bonchev–Trinajstić information content (AvgIpc) is 2.03. The van der Waals surface area contributed by atoms with Gasteiger partial charge in [-0.1, -0.05) is 24.8 Å². The van der Waals surface area contributed by atoms with Crippen molar-refractivity contribution in [2.24, 2.45) is 0 Å². The van der Waals surface area contributed by atoms with Crippen LogP contribution >= 0.6 is 0 Å². The van der Waals surface area contributed by atoms with Gasteiger partial charge in [0.15, 0.2) is 0 Å². The Hall–Kier alpha value is -0.336. The van der Waals surface area contributed by atoms with E-state index < -0.39 is 0 Å². The van der Waals surface area contributed by atoms with E-state index in [-0.39, 0.29) is 32.7 Å². The summed E-state index contributed by atoms with van der Waals surface area (Å²) in [5.74, 6) is 0.809. The van der Waals surface area contributed by atoms with Gasteiger partial charge in [0.25, 0.3) is 0 Å². The summed E-state index contributed by atoms with van der Waals surface area (Å²) in [4.78, 5) is 8.33. The smallest absolute Gasteiger partial charge is 0.125 e. The fraction of sp³-hybridized carbons (Fsp3) is 0.200. The molecule has 0 unspecified atom stereocenters. The Labute approximate surface area is 104 Å². The summed E-state index contributed by atoms with van der Waals surface area (Å²) in [5, 5.41) is 0. The molecule has 0 fully saturated rings. The van der Waals surface area contributed by atoms with Crippen LogP contribution in [0.5, 0.6) is 0 Å². The van der Waals surface area contributed by atoms with Crippen molar-refractivity contribution in [1.82, 2.24) is 9.97 Å². The minimum absolute atomic E-state index is 0. The Kier molecular flexibility index (Phi) is 6.01. The van der Waals surface area contributed by atoms with Gasteiger partial charge in [-0.2, -0.15) is 0 Å². The molecule has 1 aromatic rings. The fourth-order valence-electron chi connectivity index (χ4n) is 0.928. The first kappa shape index (κ1) is 12.7. The Morgan fingerprint density at radius 2 is 2.08 bits per heavy atom. The molecule has 0 saturated heterocycles. The van der Waals surface area contributed by atoms with Crippen LogP contribution in [-0.2, 0) is 32.7 Å². The number of aromatic nitrogens is 2. The first-order chi connectivity index (χ1) is 5.74. The Morgan fingerprint density at radius 3 is 2.62 bits per heavy atom. The molecule has 0 aliphatic rings. The van der Waals surface area contributed by atoms with Crippen molar-refractivity contribution in [1.29, 1.82) is 0 Å². The molecule has 0 aliphatic heterocycles. The minimum Gasteiger partial charge on any atom is -0.241 e. The standard InChI is InChI=1S/C10H12N2.Y/c1-4-5-6-10-7-11-9(3)12-8(10)2;/h4-7H,1H2,2-3H3;/b6-5+;. The molecule has 0 atom stereocenters. The third-order valence-corrected chi connectivity index (χ3v) is 1.55. The van der Waals surface area contributed by atoms with Gasteiger partial charge in [0, 0.05) is 50.2 Å². The van der Waals surface area contributed by atoms with E-state index >= 15 is 0 Å². The molecule has 0 saturated carbocycles. The van der Waals surface area contributed by atoms with Crippen LogP contribution in [0.4, 0.5) is 0 Å². The van der Waals surface area contributed by atoms with Crippen molar-refractivity contribution < 1.29 is 32.7 Å². The Balaban J connectivity index is 0.00000144. The van der Waals surface area contributed by atoms with Crippen LogP contribution in [0.15, 0.2) is 24.9 Å². The number of rotatable bonds is 2. The van der Waals surface area contributed by atoms with E-state index in [0.717, 1.165) is 17.1 Å². The van der Waals surface area contributed by atoms with Crippen molar-refractivity contribution in [2.45, 2.75) is 13.8 Å². The average molecular weight is 249 g/mol. The minimum atomic E-state index is 0. The summed E-state index contributed by atoms with van der Waals surface area (Å²) in [5.41, 5.74) is 2.04. The van der Waals surface area contributed by atoms with E-state index in [1.165, 1.54) is 0 Å². The molecule has 3 heteroatoms. The van der Waals surface area contributed by atoms with Gasteiger partial charge in [-0.05, 0) is 13.8 Å². The molecule has 1 radical (unpaired) electrons. The van der Waals surface area contributed by atoms with Gasteiger partial charge in [0.1, 0.15) is 5.82 Å². The summed E-state index contributed by atoms with van der Waals surface area (Å²) in [6.07, 6.45) is 7.37.